The molecule has 0 bridgehead atoms. The molecule has 0 aliphatic carbocycles. The number of hydrogen-bond acceptors (Lipinski definition) is 2. The summed E-state index contributed by atoms with van der Waals surface area (Å²) in [6.45, 7) is 0. The van der Waals surface area contributed by atoms with Gasteiger partial charge in [-0.2, -0.15) is 0 Å². The average molecular weight is 240 g/mol. The van der Waals surface area contributed by atoms with Crippen LogP contribution in [-0.4, -0.2) is 22.2 Å². The maximum absolute atomic E-state index is 10.0. The summed E-state index contributed by atoms with van der Waals surface area (Å²) in [6.07, 6.45) is 3.28. The van der Waals surface area contributed by atoms with Crippen LogP contribution in [0.5, 0.6) is 0 Å². The number of aliphatic carboxylic acids is 2. The van der Waals surface area contributed by atoms with Crippen molar-refractivity contribution in [2.45, 2.75) is 38.5 Å². The normalized spacial score (nSPS) is 8.92. The Balaban J connectivity index is 0. The van der Waals surface area contributed by atoms with Gasteiger partial charge in [-0.05, 0) is 12.8 Å². The molecule has 4 nitrogen and oxygen atoms in total. The molecule has 13 heavy (non-hydrogen) atoms. The van der Waals surface area contributed by atoms with Gasteiger partial charge in [0.15, 0.2) is 0 Å². The van der Waals surface area contributed by atoms with E-state index in [-0.39, 0.29) is 32.3 Å². The maximum atomic E-state index is 10.0. The Morgan fingerprint density at radius 2 is 1.08 bits per heavy atom. The molecule has 2 N–H and O–H groups in total. The van der Waals surface area contributed by atoms with Crippen molar-refractivity contribution in [1.82, 2.24) is 0 Å². The first-order valence-corrected chi connectivity index (χ1v) is 4.06. The third kappa shape index (κ3) is 14.4. The van der Waals surface area contributed by atoms with Gasteiger partial charge in [0.25, 0.3) is 0 Å². The number of rotatable bonds is 7. The Morgan fingerprint density at radius 3 is 1.31 bits per heavy atom. The number of carboxylic acids is 2. The summed E-state index contributed by atoms with van der Waals surface area (Å²) in [5.74, 6) is -1.57. The van der Waals surface area contributed by atoms with Crippen molar-refractivity contribution in [3.8, 4) is 0 Å². The van der Waals surface area contributed by atoms with Crippen molar-refractivity contribution in [1.29, 1.82) is 0 Å². The van der Waals surface area contributed by atoms with E-state index in [4.69, 9.17) is 10.2 Å². The van der Waals surface area contributed by atoms with Crippen molar-refractivity contribution in [3.63, 3.8) is 0 Å². The Labute approximate surface area is 90.1 Å². The third-order valence-corrected chi connectivity index (χ3v) is 1.53. The molecule has 0 aromatic carbocycles. The van der Waals surface area contributed by atoms with Gasteiger partial charge in [0.2, 0.25) is 0 Å². The Hall–Kier alpha value is -0.437. The Morgan fingerprint density at radius 1 is 0.769 bits per heavy atom. The summed E-state index contributed by atoms with van der Waals surface area (Å²) in [7, 11) is 0. The zero-order valence-corrected chi connectivity index (χ0v) is 10.6. The topological polar surface area (TPSA) is 74.6 Å². The second-order valence-electron chi connectivity index (χ2n) is 2.70. The minimum absolute atomic E-state index is 0. The summed E-state index contributed by atoms with van der Waals surface area (Å²) in [5, 5.41) is 16.5. The van der Waals surface area contributed by atoms with Gasteiger partial charge in [0.05, 0.1) is 0 Å². The van der Waals surface area contributed by atoms with E-state index >= 15 is 0 Å². The van der Waals surface area contributed by atoms with Gasteiger partial charge in [0, 0.05) is 32.3 Å². The quantitative estimate of drug-likeness (QED) is 0.521. The number of hydrogen-bond donors (Lipinski definition) is 2. The molecular formula is C8H14O4Zn. The predicted octanol–water partition coefficient (Wildman–Crippen LogP) is 1.49. The van der Waals surface area contributed by atoms with Gasteiger partial charge >= 0.3 is 11.9 Å². The van der Waals surface area contributed by atoms with Crippen LogP contribution in [-0.2, 0) is 29.1 Å². The van der Waals surface area contributed by atoms with Crippen LogP contribution in [0.3, 0.4) is 0 Å². The Bertz CT molecular complexity index is 140. The molecular weight excluding hydrogens is 225 g/mol. The molecule has 0 unspecified atom stereocenters. The van der Waals surface area contributed by atoms with Crippen LogP contribution in [0.25, 0.3) is 0 Å². The van der Waals surface area contributed by atoms with Crippen LogP contribution in [0.4, 0.5) is 0 Å². The van der Waals surface area contributed by atoms with Gasteiger partial charge in [-0.3, -0.25) is 9.59 Å². The summed E-state index contributed by atoms with van der Waals surface area (Å²) in [4.78, 5) is 20.1. The first kappa shape index (κ1) is 15.1. The van der Waals surface area contributed by atoms with E-state index < -0.39 is 11.9 Å². The summed E-state index contributed by atoms with van der Waals surface area (Å²) < 4.78 is 0. The fraction of sp³-hybridized carbons (Fsp3) is 0.750. The minimum Gasteiger partial charge on any atom is -0.481 e. The van der Waals surface area contributed by atoms with Crippen molar-refractivity contribution in [2.75, 3.05) is 0 Å². The molecule has 0 saturated carbocycles. The zero-order valence-electron chi connectivity index (χ0n) is 7.66. The van der Waals surface area contributed by atoms with E-state index in [0.29, 0.717) is 12.8 Å². The van der Waals surface area contributed by atoms with Crippen molar-refractivity contribution < 1.29 is 39.3 Å². The molecule has 0 amide bonds. The van der Waals surface area contributed by atoms with Crippen molar-refractivity contribution in [2.24, 2.45) is 0 Å². The van der Waals surface area contributed by atoms with E-state index in [0.717, 1.165) is 12.8 Å². The summed E-state index contributed by atoms with van der Waals surface area (Å²) in [6, 6.07) is 0. The van der Waals surface area contributed by atoms with Crippen molar-refractivity contribution >= 4 is 11.9 Å². The third-order valence-electron chi connectivity index (χ3n) is 1.53. The standard InChI is InChI=1S/C8H14O4.Zn/c9-7(10)5-3-1-2-4-6-8(11)12;/h1-6H2,(H,9,10)(H,11,12);. The molecule has 0 aliphatic rings. The van der Waals surface area contributed by atoms with Gasteiger partial charge in [-0.15, -0.1) is 0 Å². The fourth-order valence-corrected chi connectivity index (χ4v) is 0.906. The SMILES string of the molecule is O=C(O)CCCCCCC(=O)O.[Zn]. The molecule has 0 aromatic heterocycles. The van der Waals surface area contributed by atoms with E-state index in [1.807, 2.05) is 0 Å². The van der Waals surface area contributed by atoms with Crippen LogP contribution < -0.4 is 0 Å². The van der Waals surface area contributed by atoms with Crippen molar-refractivity contribution in [3.05, 3.63) is 0 Å². The molecule has 0 spiro atoms. The summed E-state index contributed by atoms with van der Waals surface area (Å²) >= 11 is 0. The zero-order chi connectivity index (χ0) is 9.40. The monoisotopic (exact) mass is 238 g/mol. The first-order chi connectivity index (χ1) is 5.63. The average Bonchev–Trinajstić information content (AvgIpc) is 1.95. The minimum atomic E-state index is -0.784. The first-order valence-electron chi connectivity index (χ1n) is 4.06. The van der Waals surface area contributed by atoms with E-state index in [1.165, 1.54) is 0 Å². The molecule has 0 saturated heterocycles. The molecule has 0 fully saturated rings. The van der Waals surface area contributed by atoms with Crippen LogP contribution in [0.2, 0.25) is 0 Å². The van der Waals surface area contributed by atoms with Gasteiger partial charge in [-0.1, -0.05) is 12.8 Å². The Kier molecular flexibility index (Phi) is 11.2. The molecule has 5 heteroatoms. The van der Waals surface area contributed by atoms with Crippen LogP contribution >= 0.6 is 0 Å². The van der Waals surface area contributed by atoms with Crippen LogP contribution in [0.1, 0.15) is 38.5 Å². The fourth-order valence-electron chi connectivity index (χ4n) is 0.906. The molecule has 0 heterocycles. The van der Waals surface area contributed by atoms with Gasteiger partial charge in [0.1, 0.15) is 0 Å². The molecule has 72 valence electrons. The second-order valence-corrected chi connectivity index (χ2v) is 2.70. The maximum Gasteiger partial charge on any atom is 0.303 e. The van der Waals surface area contributed by atoms with Crippen LogP contribution in [0.15, 0.2) is 0 Å². The van der Waals surface area contributed by atoms with E-state index in [1.54, 1.807) is 0 Å². The molecule has 0 rings (SSSR count). The van der Waals surface area contributed by atoms with E-state index in [2.05, 4.69) is 0 Å². The van der Waals surface area contributed by atoms with Gasteiger partial charge in [-0.25, -0.2) is 0 Å². The second kappa shape index (κ2) is 9.65. The van der Waals surface area contributed by atoms with E-state index in [9.17, 15) is 9.59 Å². The van der Waals surface area contributed by atoms with Crippen LogP contribution in [0, 0.1) is 0 Å². The summed E-state index contributed by atoms with van der Waals surface area (Å²) in [5.41, 5.74) is 0. The number of carbonyl (C=O) groups is 2. The molecule has 0 radical (unpaired) electrons. The van der Waals surface area contributed by atoms with Gasteiger partial charge < -0.3 is 10.2 Å². The molecule has 0 aromatic rings. The molecule has 0 aliphatic heterocycles. The number of unbranched alkanes of at least 4 members (excludes halogenated alkanes) is 3. The predicted molar refractivity (Wildman–Crippen MR) is 43.0 cm³/mol. The number of carboxylic acid groups (broad SMARTS) is 2. The largest absolute Gasteiger partial charge is 0.481 e. The smallest absolute Gasteiger partial charge is 0.303 e. The molecule has 0 atom stereocenters.